The van der Waals surface area contributed by atoms with Gasteiger partial charge in [-0.15, -0.1) is 0 Å². The first-order valence-electron chi connectivity index (χ1n) is 12.9. The molecule has 0 heterocycles. The third-order valence-corrected chi connectivity index (χ3v) is 6.73. The number of hydrogen-bond donors (Lipinski definition) is 3. The molecule has 3 nitrogen and oxygen atoms in total. The van der Waals surface area contributed by atoms with Gasteiger partial charge in [0, 0.05) is 25.2 Å². The van der Waals surface area contributed by atoms with Crippen LogP contribution in [0, 0.1) is 13.8 Å². The normalized spacial score (nSPS) is 14.1. The maximum absolute atomic E-state index is 6.82. The smallest absolute Gasteiger partial charge is 0.0427 e. The molecule has 2 unspecified atom stereocenters. The predicted octanol–water partition coefficient (Wildman–Crippen LogP) is 7.09. The number of aryl methyl sites for hydroxylation is 2. The molecule has 5 N–H and O–H groups in total. The molecule has 0 amide bonds. The fraction of sp³-hybridized carbons (Fsp3) is 0.600. The largest absolute Gasteiger partial charge is 0.323 e. The van der Waals surface area contributed by atoms with Crippen molar-refractivity contribution in [2.45, 2.75) is 105 Å². The first-order chi connectivity index (χ1) is 15.3. The zero-order chi connectivity index (χ0) is 25.0. The third kappa shape index (κ3) is 6.68. The van der Waals surface area contributed by atoms with Crippen molar-refractivity contribution in [1.29, 1.82) is 0 Å². The first-order valence-corrected chi connectivity index (χ1v) is 12.9. The second-order valence-electron chi connectivity index (χ2n) is 11.2. The maximum Gasteiger partial charge on any atom is 0.0427 e. The van der Waals surface area contributed by atoms with E-state index in [1.165, 1.54) is 44.5 Å². The molecule has 2 rings (SSSR count). The fourth-order valence-electron chi connectivity index (χ4n) is 5.07. The molecule has 33 heavy (non-hydrogen) atoms. The Bertz CT molecular complexity index is 791. The lowest BCUT2D eigenvalue weighted by Gasteiger charge is -2.28. The molecular weight excluding hydrogens is 402 g/mol. The van der Waals surface area contributed by atoms with Gasteiger partial charge in [0.05, 0.1) is 0 Å². The Labute approximate surface area is 203 Å². The highest BCUT2D eigenvalue weighted by atomic mass is 14.9. The zero-order valence-electron chi connectivity index (χ0n) is 22.8. The van der Waals surface area contributed by atoms with E-state index in [0.29, 0.717) is 23.7 Å². The Morgan fingerprint density at radius 3 is 1.00 bits per heavy atom. The quantitative estimate of drug-likeness (QED) is 0.361. The highest BCUT2D eigenvalue weighted by Crippen LogP contribution is 2.34. The summed E-state index contributed by atoms with van der Waals surface area (Å²) in [5, 5.41) is 3.63. The summed E-state index contributed by atoms with van der Waals surface area (Å²) in [4.78, 5) is 0. The first kappa shape index (κ1) is 27.6. The molecule has 2 aromatic carbocycles. The van der Waals surface area contributed by atoms with Gasteiger partial charge in [0.25, 0.3) is 0 Å². The highest BCUT2D eigenvalue weighted by molar-refractivity contribution is 5.45. The Morgan fingerprint density at radius 1 is 0.545 bits per heavy atom. The van der Waals surface area contributed by atoms with Gasteiger partial charge in [0.15, 0.2) is 0 Å². The van der Waals surface area contributed by atoms with Gasteiger partial charge in [0.1, 0.15) is 0 Å². The average molecular weight is 452 g/mol. The van der Waals surface area contributed by atoms with Crippen LogP contribution in [0.2, 0.25) is 0 Å². The number of rotatable bonds is 10. The Kier molecular flexibility index (Phi) is 9.72. The number of benzene rings is 2. The molecule has 0 fully saturated rings. The molecule has 0 bridgehead atoms. The van der Waals surface area contributed by atoms with Crippen LogP contribution in [0.15, 0.2) is 24.3 Å². The molecule has 184 valence electrons. The summed E-state index contributed by atoms with van der Waals surface area (Å²) in [5.41, 5.74) is 24.4. The van der Waals surface area contributed by atoms with Crippen LogP contribution in [0.4, 0.5) is 0 Å². The van der Waals surface area contributed by atoms with Crippen LogP contribution in [-0.4, -0.2) is 13.1 Å². The van der Waals surface area contributed by atoms with E-state index in [0.717, 1.165) is 13.1 Å². The van der Waals surface area contributed by atoms with Gasteiger partial charge >= 0.3 is 0 Å². The van der Waals surface area contributed by atoms with E-state index in [2.05, 4.69) is 98.8 Å². The monoisotopic (exact) mass is 451 g/mol. The molecule has 0 aromatic heterocycles. The van der Waals surface area contributed by atoms with Gasteiger partial charge in [-0.2, -0.15) is 0 Å². The van der Waals surface area contributed by atoms with Crippen molar-refractivity contribution in [1.82, 2.24) is 5.32 Å². The van der Waals surface area contributed by atoms with Gasteiger partial charge in [-0.1, -0.05) is 90.8 Å². The van der Waals surface area contributed by atoms with Crippen molar-refractivity contribution in [2.24, 2.45) is 11.5 Å². The molecule has 0 radical (unpaired) electrons. The number of nitrogens with two attached hydrogens (primary N) is 2. The summed E-state index contributed by atoms with van der Waals surface area (Å²) in [6, 6.07) is 9.14. The molecule has 0 aliphatic carbocycles. The summed E-state index contributed by atoms with van der Waals surface area (Å²) in [5.74, 6) is 1.78. The van der Waals surface area contributed by atoms with Crippen molar-refractivity contribution in [3.05, 3.63) is 68.8 Å². The van der Waals surface area contributed by atoms with Crippen molar-refractivity contribution >= 4 is 0 Å². The third-order valence-electron chi connectivity index (χ3n) is 6.73. The molecule has 0 aliphatic rings. The lowest BCUT2D eigenvalue weighted by Crippen LogP contribution is -2.34. The fourth-order valence-corrected chi connectivity index (χ4v) is 5.07. The number of nitrogens with one attached hydrogen (secondary N) is 1. The van der Waals surface area contributed by atoms with Gasteiger partial charge < -0.3 is 16.8 Å². The average Bonchev–Trinajstić information content (AvgIpc) is 2.71. The number of hydrogen-bond acceptors (Lipinski definition) is 3. The van der Waals surface area contributed by atoms with Crippen LogP contribution in [0.25, 0.3) is 0 Å². The Morgan fingerprint density at radius 2 is 0.788 bits per heavy atom. The van der Waals surface area contributed by atoms with E-state index in [4.69, 9.17) is 11.5 Å². The van der Waals surface area contributed by atoms with Crippen LogP contribution in [0.1, 0.15) is 136 Å². The summed E-state index contributed by atoms with van der Waals surface area (Å²) in [7, 11) is 0. The standard InChI is InChI=1S/C30H49N3/c1-17(2)23-11-21(9)12-24(18(3)4)29(23)27(31)15-33-16-28(32)30-25(19(5)6)13-22(10)14-26(30)20(7)8/h11-14,17-20,27-28,33H,15-16,31-32H2,1-10H3. The molecule has 2 aromatic rings. The molecule has 0 saturated carbocycles. The van der Waals surface area contributed by atoms with Gasteiger partial charge in [-0.3, -0.25) is 0 Å². The minimum absolute atomic E-state index is 0.0558. The predicted molar refractivity (Wildman–Crippen MR) is 145 cm³/mol. The van der Waals surface area contributed by atoms with Crippen molar-refractivity contribution in [2.75, 3.05) is 13.1 Å². The molecular formula is C30H49N3. The lowest BCUT2D eigenvalue weighted by atomic mass is 9.83. The SMILES string of the molecule is Cc1cc(C(C)C)c(C(N)CNCC(N)c2c(C(C)C)cc(C)cc2C(C)C)c(C(C)C)c1. The molecule has 0 spiro atoms. The summed E-state index contributed by atoms with van der Waals surface area (Å²) >= 11 is 0. The second-order valence-corrected chi connectivity index (χ2v) is 11.2. The van der Waals surface area contributed by atoms with Crippen molar-refractivity contribution in [3.8, 4) is 0 Å². The minimum atomic E-state index is -0.0558. The van der Waals surface area contributed by atoms with Crippen molar-refractivity contribution in [3.63, 3.8) is 0 Å². The van der Waals surface area contributed by atoms with E-state index in [-0.39, 0.29) is 12.1 Å². The van der Waals surface area contributed by atoms with E-state index in [1.807, 2.05) is 0 Å². The van der Waals surface area contributed by atoms with E-state index < -0.39 is 0 Å². The van der Waals surface area contributed by atoms with E-state index in [1.54, 1.807) is 0 Å². The Balaban J connectivity index is 2.27. The van der Waals surface area contributed by atoms with Crippen LogP contribution >= 0.6 is 0 Å². The summed E-state index contributed by atoms with van der Waals surface area (Å²) in [6.45, 7) is 23.9. The van der Waals surface area contributed by atoms with E-state index in [9.17, 15) is 0 Å². The molecule has 2 atom stereocenters. The topological polar surface area (TPSA) is 64.1 Å². The minimum Gasteiger partial charge on any atom is -0.323 e. The summed E-state index contributed by atoms with van der Waals surface area (Å²) in [6.07, 6.45) is 0. The zero-order valence-corrected chi connectivity index (χ0v) is 22.8. The Hall–Kier alpha value is -1.68. The lowest BCUT2D eigenvalue weighted by molar-refractivity contribution is 0.539. The highest BCUT2D eigenvalue weighted by Gasteiger charge is 2.22. The second kappa shape index (κ2) is 11.6. The molecule has 0 aliphatic heterocycles. The van der Waals surface area contributed by atoms with Gasteiger partial charge in [0.2, 0.25) is 0 Å². The van der Waals surface area contributed by atoms with Crippen molar-refractivity contribution < 1.29 is 0 Å². The van der Waals surface area contributed by atoms with Crippen LogP contribution in [0.3, 0.4) is 0 Å². The van der Waals surface area contributed by atoms with E-state index >= 15 is 0 Å². The summed E-state index contributed by atoms with van der Waals surface area (Å²) < 4.78 is 0. The van der Waals surface area contributed by atoms with Crippen LogP contribution in [-0.2, 0) is 0 Å². The molecule has 3 heteroatoms. The van der Waals surface area contributed by atoms with Gasteiger partial charge in [-0.25, -0.2) is 0 Å². The maximum atomic E-state index is 6.82. The molecule has 0 saturated heterocycles. The van der Waals surface area contributed by atoms with Gasteiger partial charge in [-0.05, 0) is 70.9 Å². The van der Waals surface area contributed by atoms with Crippen LogP contribution in [0.5, 0.6) is 0 Å². The van der Waals surface area contributed by atoms with Crippen LogP contribution < -0.4 is 16.8 Å².